The van der Waals surface area contributed by atoms with Crippen LogP contribution in [-0.4, -0.2) is 64.7 Å². The summed E-state index contributed by atoms with van der Waals surface area (Å²) in [4.78, 5) is 40.0. The lowest BCUT2D eigenvalue weighted by molar-refractivity contribution is -0.133. The summed E-state index contributed by atoms with van der Waals surface area (Å²) in [5.41, 5.74) is 1.09. The third kappa shape index (κ3) is 6.90. The number of hydrogen-bond acceptors (Lipinski definition) is 7. The van der Waals surface area contributed by atoms with E-state index < -0.39 is 17.7 Å². The topological polar surface area (TPSA) is 87.7 Å². The molecule has 0 radical (unpaired) electrons. The first kappa shape index (κ1) is 26.7. The maximum atomic E-state index is 13.6. The molecule has 0 saturated carbocycles. The van der Waals surface area contributed by atoms with E-state index in [0.29, 0.717) is 37.6 Å². The molecule has 1 aliphatic rings. The van der Waals surface area contributed by atoms with Gasteiger partial charge in [-0.15, -0.1) is 17.3 Å². The largest absolute Gasteiger partial charge is 0.444 e. The van der Waals surface area contributed by atoms with Crippen LogP contribution in [0.15, 0.2) is 36.7 Å². The molecular formula is C27H30ClN5O3S. The number of thiophene rings is 1. The highest BCUT2D eigenvalue weighted by atomic mass is 35.5. The van der Waals surface area contributed by atoms with Crippen molar-refractivity contribution in [2.45, 2.75) is 45.8 Å². The lowest BCUT2D eigenvalue weighted by Crippen LogP contribution is -2.56. The number of nitrogens with zero attached hydrogens (tertiary/aromatic N) is 4. The van der Waals surface area contributed by atoms with Crippen molar-refractivity contribution >= 4 is 51.0 Å². The molecule has 1 fully saturated rings. The van der Waals surface area contributed by atoms with Crippen molar-refractivity contribution in [3.63, 3.8) is 0 Å². The van der Waals surface area contributed by atoms with Gasteiger partial charge in [-0.3, -0.25) is 4.79 Å². The number of nitrogens with one attached hydrogen (secondary N) is 1. The number of carbonyl (C=O) groups is 2. The Kier molecular flexibility index (Phi) is 8.20. The van der Waals surface area contributed by atoms with Crippen molar-refractivity contribution in [3.8, 4) is 11.8 Å². The maximum Gasteiger partial charge on any atom is 0.408 e. The number of carbonyl (C=O) groups excluding carboxylic acids is 2. The molecule has 1 N–H and O–H groups in total. The maximum absolute atomic E-state index is 13.6. The second-order valence-corrected chi connectivity index (χ2v) is 11.2. The Bertz CT molecular complexity index is 1330. The zero-order valence-corrected chi connectivity index (χ0v) is 22.9. The molecule has 0 spiro atoms. The van der Waals surface area contributed by atoms with Gasteiger partial charge in [0.25, 0.3) is 0 Å². The van der Waals surface area contributed by atoms with E-state index in [9.17, 15) is 9.59 Å². The molecule has 1 saturated heterocycles. The minimum absolute atomic E-state index is 0.148. The number of ether oxygens (including phenoxy) is 1. The lowest BCUT2D eigenvalue weighted by Gasteiger charge is -2.37. The standard InChI is InChI=1S/C27H30ClN5O3S/c1-5-6-20-16-21-23(37-20)24(30-17-29-21)32-11-13-33(14-12-32)25(34)22(31-26(35)36-27(2,3)4)15-18-7-9-19(28)10-8-18/h7-10,16-17,22H,11-15H2,1-4H3,(H,31,35). The van der Waals surface area contributed by atoms with E-state index in [0.717, 1.165) is 26.5 Å². The molecule has 1 unspecified atom stereocenters. The van der Waals surface area contributed by atoms with Gasteiger partial charge in [0.1, 0.15) is 23.8 Å². The minimum Gasteiger partial charge on any atom is -0.444 e. The van der Waals surface area contributed by atoms with Gasteiger partial charge in [-0.1, -0.05) is 29.7 Å². The van der Waals surface area contributed by atoms with Crippen LogP contribution in [0, 0.1) is 11.8 Å². The highest BCUT2D eigenvalue weighted by Gasteiger charge is 2.31. The van der Waals surface area contributed by atoms with Crippen molar-refractivity contribution in [2.24, 2.45) is 0 Å². The molecule has 37 heavy (non-hydrogen) atoms. The van der Waals surface area contributed by atoms with Crippen LogP contribution in [0.25, 0.3) is 10.2 Å². The van der Waals surface area contributed by atoms with Crippen molar-refractivity contribution in [1.29, 1.82) is 0 Å². The smallest absolute Gasteiger partial charge is 0.408 e. The van der Waals surface area contributed by atoms with Gasteiger partial charge in [-0.2, -0.15) is 0 Å². The average Bonchev–Trinajstić information content (AvgIpc) is 3.26. The number of alkyl carbamates (subject to hydrolysis) is 1. The summed E-state index contributed by atoms with van der Waals surface area (Å²) in [5.74, 6) is 6.73. The van der Waals surface area contributed by atoms with Gasteiger partial charge in [0.15, 0.2) is 0 Å². The number of piperazine rings is 1. The summed E-state index contributed by atoms with van der Waals surface area (Å²) >= 11 is 7.60. The quantitative estimate of drug-likeness (QED) is 0.480. The summed E-state index contributed by atoms with van der Waals surface area (Å²) in [6, 6.07) is 8.47. The van der Waals surface area contributed by atoms with E-state index in [1.165, 1.54) is 0 Å². The van der Waals surface area contributed by atoms with Gasteiger partial charge < -0.3 is 19.9 Å². The van der Waals surface area contributed by atoms with Gasteiger partial charge >= 0.3 is 6.09 Å². The molecule has 1 atom stereocenters. The van der Waals surface area contributed by atoms with Gasteiger partial charge in [0, 0.05) is 37.6 Å². The molecule has 3 heterocycles. The van der Waals surface area contributed by atoms with Crippen molar-refractivity contribution in [1.82, 2.24) is 20.2 Å². The van der Waals surface area contributed by atoms with Crippen molar-refractivity contribution in [2.75, 3.05) is 31.1 Å². The zero-order valence-electron chi connectivity index (χ0n) is 21.4. The van der Waals surface area contributed by atoms with Crippen LogP contribution in [0.3, 0.4) is 0 Å². The number of anilines is 1. The molecule has 3 aromatic rings. The minimum atomic E-state index is -0.763. The number of hydrogen-bond donors (Lipinski definition) is 1. The van der Waals surface area contributed by atoms with Gasteiger partial charge in [0.05, 0.1) is 15.1 Å². The summed E-state index contributed by atoms with van der Waals surface area (Å²) in [6.07, 6.45) is 1.28. The van der Waals surface area contributed by atoms with E-state index in [4.69, 9.17) is 16.3 Å². The first-order chi connectivity index (χ1) is 17.6. The number of fused-ring (bicyclic) bond motifs is 1. The van der Waals surface area contributed by atoms with E-state index >= 15 is 0 Å². The van der Waals surface area contributed by atoms with Crippen molar-refractivity contribution in [3.05, 3.63) is 52.1 Å². The van der Waals surface area contributed by atoms with Crippen LogP contribution in [0.4, 0.5) is 10.6 Å². The van der Waals surface area contributed by atoms with E-state index in [2.05, 4.69) is 32.0 Å². The van der Waals surface area contributed by atoms with Crippen molar-refractivity contribution < 1.29 is 14.3 Å². The average molecular weight is 540 g/mol. The summed E-state index contributed by atoms with van der Waals surface area (Å²) in [6.45, 7) is 9.42. The first-order valence-corrected chi connectivity index (χ1v) is 13.3. The highest BCUT2D eigenvalue weighted by Crippen LogP contribution is 2.31. The monoisotopic (exact) mass is 539 g/mol. The van der Waals surface area contributed by atoms with E-state index in [-0.39, 0.29) is 5.91 Å². The molecule has 1 aliphatic heterocycles. The molecule has 2 amide bonds. The summed E-state index contributed by atoms with van der Waals surface area (Å²) in [5, 5.41) is 3.40. The first-order valence-electron chi connectivity index (χ1n) is 12.1. The van der Waals surface area contributed by atoms with Gasteiger partial charge in [-0.25, -0.2) is 14.8 Å². The number of rotatable bonds is 5. The Balaban J connectivity index is 1.47. The predicted octanol–water partition coefficient (Wildman–Crippen LogP) is 4.50. The van der Waals surface area contributed by atoms with Crippen LogP contribution in [0.5, 0.6) is 0 Å². The molecular weight excluding hydrogens is 510 g/mol. The van der Waals surface area contributed by atoms with E-state index in [1.54, 1.807) is 55.5 Å². The normalized spacial score (nSPS) is 14.6. The second kappa shape index (κ2) is 11.4. The molecule has 4 rings (SSSR count). The molecule has 8 nitrogen and oxygen atoms in total. The molecule has 0 bridgehead atoms. The number of aromatic nitrogens is 2. The fourth-order valence-corrected chi connectivity index (χ4v) is 5.28. The van der Waals surface area contributed by atoms with Gasteiger partial charge in [-0.05, 0) is 51.5 Å². The lowest BCUT2D eigenvalue weighted by atomic mass is 10.0. The fourth-order valence-electron chi connectivity index (χ4n) is 4.12. The Hall–Kier alpha value is -3.35. The van der Waals surface area contributed by atoms with Crippen LogP contribution >= 0.6 is 22.9 Å². The van der Waals surface area contributed by atoms with E-state index in [1.807, 2.05) is 25.1 Å². The Morgan fingerprint density at radius 2 is 1.86 bits per heavy atom. The summed E-state index contributed by atoms with van der Waals surface area (Å²) < 4.78 is 6.42. The van der Waals surface area contributed by atoms with Crippen LogP contribution in [-0.2, 0) is 16.0 Å². The van der Waals surface area contributed by atoms with Crippen LogP contribution in [0.1, 0.15) is 38.1 Å². The number of halogens is 1. The predicted molar refractivity (Wildman–Crippen MR) is 147 cm³/mol. The molecule has 1 aromatic carbocycles. The second-order valence-electron chi connectivity index (χ2n) is 9.74. The third-order valence-electron chi connectivity index (χ3n) is 5.77. The molecule has 10 heteroatoms. The van der Waals surface area contributed by atoms with Crippen LogP contribution < -0.4 is 10.2 Å². The third-order valence-corrected chi connectivity index (χ3v) is 7.06. The number of amides is 2. The fraction of sp³-hybridized carbons (Fsp3) is 0.407. The molecule has 2 aromatic heterocycles. The highest BCUT2D eigenvalue weighted by molar-refractivity contribution is 7.20. The van der Waals surface area contributed by atoms with Gasteiger partial charge in [0.2, 0.25) is 5.91 Å². The Labute approximate surface area is 226 Å². The summed E-state index contributed by atoms with van der Waals surface area (Å²) in [7, 11) is 0. The molecule has 194 valence electrons. The molecule has 0 aliphatic carbocycles. The number of benzene rings is 1. The SMILES string of the molecule is CC#Cc1cc2ncnc(N3CCN(C(=O)C(Cc4ccc(Cl)cc4)NC(=O)OC(C)(C)C)CC3)c2s1. The zero-order chi connectivity index (χ0) is 26.6. The Morgan fingerprint density at radius 1 is 1.16 bits per heavy atom. The van der Waals surface area contributed by atoms with Crippen LogP contribution in [0.2, 0.25) is 5.02 Å². The Morgan fingerprint density at radius 3 is 2.51 bits per heavy atom.